The third-order valence-electron chi connectivity index (χ3n) is 1.87. The molecule has 0 spiro atoms. The van der Waals surface area contributed by atoms with E-state index in [0.29, 0.717) is 5.57 Å². The number of alkyl halides is 3. The highest BCUT2D eigenvalue weighted by Crippen LogP contribution is 2.34. The van der Waals surface area contributed by atoms with Crippen LogP contribution >= 0.6 is 0 Å². The largest absolute Gasteiger partial charge is 0.389 e. The van der Waals surface area contributed by atoms with E-state index < -0.39 is 24.4 Å². The van der Waals surface area contributed by atoms with Gasteiger partial charge in [0.2, 0.25) is 0 Å². The van der Waals surface area contributed by atoms with Crippen LogP contribution in [0.15, 0.2) is 12.2 Å². The third-order valence-corrected chi connectivity index (χ3v) is 1.87. The van der Waals surface area contributed by atoms with Gasteiger partial charge in [0.1, 0.15) is 5.41 Å². The fourth-order valence-corrected chi connectivity index (χ4v) is 1.17. The maximum absolute atomic E-state index is 12.0. The highest BCUT2D eigenvalue weighted by Gasteiger charge is 2.36. The maximum Gasteiger partial charge on any atom is 0.389 e. The Hall–Kier alpha value is -1.49. The summed E-state index contributed by atoms with van der Waals surface area (Å²) in [6.45, 7) is 5.08. The van der Waals surface area contributed by atoms with Gasteiger partial charge < -0.3 is 0 Å². The van der Waals surface area contributed by atoms with Gasteiger partial charge in [-0.2, -0.15) is 23.7 Å². The second-order valence-corrected chi connectivity index (χ2v) is 3.55. The number of nitriles is 2. The molecule has 0 heterocycles. The van der Waals surface area contributed by atoms with Crippen molar-refractivity contribution in [1.29, 1.82) is 10.5 Å². The Morgan fingerprint density at radius 3 is 1.93 bits per heavy atom. The van der Waals surface area contributed by atoms with Gasteiger partial charge in [0.05, 0.1) is 12.1 Å². The number of allylic oxidation sites excluding steroid dienone is 1. The molecule has 0 aliphatic heterocycles. The van der Waals surface area contributed by atoms with Crippen LogP contribution < -0.4 is 0 Å². The van der Waals surface area contributed by atoms with Crippen LogP contribution in [-0.4, -0.2) is 6.18 Å². The van der Waals surface area contributed by atoms with Gasteiger partial charge in [0.15, 0.2) is 0 Å². The van der Waals surface area contributed by atoms with E-state index in [1.165, 1.54) is 0 Å². The molecule has 0 saturated heterocycles. The summed E-state index contributed by atoms with van der Waals surface area (Å²) < 4.78 is 35.9. The molecule has 0 aromatic rings. The van der Waals surface area contributed by atoms with Gasteiger partial charge in [0, 0.05) is 6.42 Å². The SMILES string of the molecule is C=C(C)CC(C#N)(C#N)CCC(F)(F)F. The van der Waals surface area contributed by atoms with Crippen molar-refractivity contribution in [2.45, 2.75) is 32.4 Å². The molecule has 0 rings (SSSR count). The predicted molar refractivity (Wildman–Crippen MR) is 48.4 cm³/mol. The first-order valence-corrected chi connectivity index (χ1v) is 4.28. The fraction of sp³-hybridized carbons (Fsp3) is 0.600. The van der Waals surface area contributed by atoms with Crippen LogP contribution in [0, 0.1) is 28.1 Å². The van der Waals surface area contributed by atoms with Gasteiger partial charge in [0.25, 0.3) is 0 Å². The van der Waals surface area contributed by atoms with Gasteiger partial charge in [-0.05, 0) is 19.8 Å². The van der Waals surface area contributed by atoms with E-state index in [0.717, 1.165) is 0 Å². The third kappa shape index (κ3) is 5.07. The summed E-state index contributed by atoms with van der Waals surface area (Å²) in [6, 6.07) is 3.29. The molecule has 0 aliphatic rings. The lowest BCUT2D eigenvalue weighted by molar-refractivity contribution is -0.138. The monoisotopic (exact) mass is 216 g/mol. The summed E-state index contributed by atoms with van der Waals surface area (Å²) in [5.41, 5.74) is -1.07. The van der Waals surface area contributed by atoms with Crippen molar-refractivity contribution < 1.29 is 13.2 Å². The smallest absolute Gasteiger partial charge is 0.197 e. The molecule has 0 amide bonds. The molecule has 0 aromatic carbocycles. The second kappa shape index (κ2) is 4.84. The fourth-order valence-electron chi connectivity index (χ4n) is 1.17. The van der Waals surface area contributed by atoms with Gasteiger partial charge in [-0.25, -0.2) is 0 Å². The van der Waals surface area contributed by atoms with E-state index in [4.69, 9.17) is 10.5 Å². The lowest BCUT2D eigenvalue weighted by Gasteiger charge is -2.19. The van der Waals surface area contributed by atoms with Crippen LogP contribution in [0.1, 0.15) is 26.2 Å². The normalized spacial score (nSPS) is 11.6. The zero-order chi connectivity index (χ0) is 12.1. The number of nitrogens with zero attached hydrogens (tertiary/aromatic N) is 2. The van der Waals surface area contributed by atoms with E-state index in [-0.39, 0.29) is 6.42 Å². The van der Waals surface area contributed by atoms with Crippen LogP contribution in [0.2, 0.25) is 0 Å². The molecule has 0 atom stereocenters. The lowest BCUT2D eigenvalue weighted by atomic mass is 9.81. The van der Waals surface area contributed by atoms with E-state index >= 15 is 0 Å². The zero-order valence-corrected chi connectivity index (χ0v) is 8.36. The van der Waals surface area contributed by atoms with Crippen molar-refractivity contribution in [3.05, 3.63) is 12.2 Å². The number of rotatable bonds is 4. The minimum Gasteiger partial charge on any atom is -0.197 e. The quantitative estimate of drug-likeness (QED) is 0.676. The Balaban J connectivity index is 4.63. The first-order valence-electron chi connectivity index (χ1n) is 4.28. The zero-order valence-electron chi connectivity index (χ0n) is 8.36. The van der Waals surface area contributed by atoms with Crippen molar-refractivity contribution in [1.82, 2.24) is 0 Å². The molecule has 0 aliphatic carbocycles. The molecule has 0 unspecified atom stereocenters. The van der Waals surface area contributed by atoms with Gasteiger partial charge in [-0.15, -0.1) is 6.58 Å². The highest BCUT2D eigenvalue weighted by molar-refractivity contribution is 5.18. The molecule has 5 heteroatoms. The van der Waals surface area contributed by atoms with Crippen LogP contribution in [-0.2, 0) is 0 Å². The lowest BCUT2D eigenvalue weighted by Crippen LogP contribution is -2.20. The molecule has 0 saturated carbocycles. The van der Waals surface area contributed by atoms with Crippen molar-refractivity contribution in [3.8, 4) is 12.1 Å². The summed E-state index contributed by atoms with van der Waals surface area (Å²) in [5, 5.41) is 17.5. The van der Waals surface area contributed by atoms with E-state index in [1.54, 1.807) is 19.1 Å². The van der Waals surface area contributed by atoms with Crippen molar-refractivity contribution in [2.24, 2.45) is 5.41 Å². The summed E-state index contributed by atoms with van der Waals surface area (Å²) in [5.74, 6) is 0. The van der Waals surface area contributed by atoms with Crippen molar-refractivity contribution in [3.63, 3.8) is 0 Å². The molecular formula is C10H11F3N2. The van der Waals surface area contributed by atoms with Crippen molar-refractivity contribution in [2.75, 3.05) is 0 Å². The standard InChI is InChI=1S/C10H11F3N2/c1-8(2)5-9(6-14,7-15)3-4-10(11,12)13/h1,3-5H2,2H3. The van der Waals surface area contributed by atoms with Crippen molar-refractivity contribution >= 4 is 0 Å². The number of hydrogen-bond acceptors (Lipinski definition) is 2. The van der Waals surface area contributed by atoms with Gasteiger partial charge >= 0.3 is 6.18 Å². The Kier molecular flexibility index (Phi) is 4.36. The summed E-state index contributed by atoms with van der Waals surface area (Å²) in [7, 11) is 0. The maximum atomic E-state index is 12.0. The number of hydrogen-bond donors (Lipinski definition) is 0. The second-order valence-electron chi connectivity index (χ2n) is 3.55. The highest BCUT2D eigenvalue weighted by atomic mass is 19.4. The Bertz CT molecular complexity index is 303. The molecule has 0 bridgehead atoms. The topological polar surface area (TPSA) is 47.6 Å². The molecule has 0 N–H and O–H groups in total. The molecule has 15 heavy (non-hydrogen) atoms. The van der Waals surface area contributed by atoms with Gasteiger partial charge in [-0.3, -0.25) is 0 Å². The summed E-state index contributed by atoms with van der Waals surface area (Å²) >= 11 is 0. The molecule has 0 aromatic heterocycles. The van der Waals surface area contributed by atoms with Crippen LogP contribution in [0.4, 0.5) is 13.2 Å². The van der Waals surface area contributed by atoms with E-state index in [9.17, 15) is 13.2 Å². The van der Waals surface area contributed by atoms with E-state index in [2.05, 4.69) is 6.58 Å². The minimum absolute atomic E-state index is 0.0178. The number of halogens is 3. The molecule has 2 nitrogen and oxygen atoms in total. The molecular weight excluding hydrogens is 205 g/mol. The average Bonchev–Trinajstić information content (AvgIpc) is 2.10. The average molecular weight is 216 g/mol. The summed E-state index contributed by atoms with van der Waals surface area (Å²) in [4.78, 5) is 0. The Labute approximate surface area is 86.6 Å². The van der Waals surface area contributed by atoms with Crippen LogP contribution in [0.5, 0.6) is 0 Å². The minimum atomic E-state index is -4.34. The summed E-state index contributed by atoms with van der Waals surface area (Å²) in [6.07, 6.45) is -5.98. The van der Waals surface area contributed by atoms with Crippen LogP contribution in [0.25, 0.3) is 0 Å². The van der Waals surface area contributed by atoms with E-state index in [1.807, 2.05) is 0 Å². The molecule has 0 radical (unpaired) electrons. The Morgan fingerprint density at radius 2 is 1.67 bits per heavy atom. The Morgan fingerprint density at radius 1 is 1.20 bits per heavy atom. The predicted octanol–water partition coefficient (Wildman–Crippen LogP) is 3.33. The van der Waals surface area contributed by atoms with Gasteiger partial charge in [-0.1, -0.05) is 5.57 Å². The molecule has 0 fully saturated rings. The van der Waals surface area contributed by atoms with Crippen LogP contribution in [0.3, 0.4) is 0 Å². The molecule has 82 valence electrons. The first kappa shape index (κ1) is 13.5. The first-order chi connectivity index (χ1) is 6.74.